The minimum absolute atomic E-state index is 0. The number of rotatable bonds is 24. The van der Waals surface area contributed by atoms with Crippen LogP contribution in [0.2, 0.25) is 0 Å². The van der Waals surface area contributed by atoms with Gasteiger partial charge in [0.05, 0.1) is 95.0 Å². The van der Waals surface area contributed by atoms with Crippen LogP contribution >= 0.6 is 12.4 Å². The average Bonchev–Trinajstić information content (AvgIpc) is 1.02. The van der Waals surface area contributed by atoms with Crippen LogP contribution in [0.1, 0.15) is 128 Å². The maximum atomic E-state index is 12.7. The Labute approximate surface area is 808 Å². The Hall–Kier alpha value is -12.3. The van der Waals surface area contributed by atoms with Crippen molar-refractivity contribution >= 4 is 74.5 Å². The summed E-state index contributed by atoms with van der Waals surface area (Å²) in [6.07, 6.45) is 25.3. The number of aliphatic hydroxyl groups is 2. The Morgan fingerprint density at radius 1 is 0.403 bits per heavy atom. The number of ether oxygens (including phenoxy) is 5. The van der Waals surface area contributed by atoms with E-state index in [1.54, 1.807) is 90.5 Å². The molecule has 6 fully saturated rings. The number of halogens is 1. The summed E-state index contributed by atoms with van der Waals surface area (Å²) in [5, 5.41) is 38.1. The number of nitrogens with one attached hydrogen (secondary N) is 1. The first kappa shape index (κ1) is 99.2. The molecule has 3 radical (unpaired) electrons. The predicted molar refractivity (Wildman–Crippen MR) is 497 cm³/mol. The fourth-order valence-electron chi connectivity index (χ4n) is 15.6. The summed E-state index contributed by atoms with van der Waals surface area (Å²) < 4.78 is 34.2. The van der Waals surface area contributed by atoms with E-state index in [2.05, 4.69) is 110 Å². The molecule has 6 aliphatic heterocycles. The number of benzene rings is 3. The maximum absolute atomic E-state index is 12.7. The third-order valence-electron chi connectivity index (χ3n) is 22.4. The predicted octanol–water partition coefficient (Wildman–Crippen LogP) is 3.14. The summed E-state index contributed by atoms with van der Waals surface area (Å²) in [6, 6.07) is 28.1. The number of aliphatic hydroxyl groups excluding tert-OH is 2. The number of anilines is 6. The van der Waals surface area contributed by atoms with Gasteiger partial charge in [0, 0.05) is 205 Å². The van der Waals surface area contributed by atoms with Gasteiger partial charge in [-0.05, 0) is 69.4 Å². The molecule has 5 atom stereocenters. The largest absolute Gasteiger partial charge is 1.00 e. The maximum Gasteiger partial charge on any atom is 1.00 e. The number of aromatic nitrogens is 21. The van der Waals surface area contributed by atoms with E-state index in [1.165, 1.54) is 0 Å². The first-order valence-corrected chi connectivity index (χ1v) is 44.2. The fraction of sp³-hybridized carbons (Fsp3) is 0.440. The molecular formula is C91H112BClN30NaO10. The minimum Gasteiger partial charge on any atom is -1.00 e. The average molecular weight is 1860 g/mol. The molecule has 6 saturated heterocycles. The Morgan fingerprint density at radius 3 is 1.06 bits per heavy atom. The summed E-state index contributed by atoms with van der Waals surface area (Å²) in [5.41, 5.74) is 5.94. The first-order chi connectivity index (χ1) is 63.6. The van der Waals surface area contributed by atoms with Crippen LogP contribution in [0, 0.1) is 0 Å². The van der Waals surface area contributed by atoms with Crippen LogP contribution in [0.25, 0.3) is 0 Å². The second kappa shape index (κ2) is 47.0. The molecule has 6 aliphatic rings. The van der Waals surface area contributed by atoms with Crippen molar-refractivity contribution in [1.29, 1.82) is 0 Å². The van der Waals surface area contributed by atoms with E-state index in [1.807, 2.05) is 159 Å². The van der Waals surface area contributed by atoms with Crippen LogP contribution < -0.4 is 64.3 Å². The molecule has 15 heterocycles. The zero-order chi connectivity index (χ0) is 90.6. The van der Waals surface area contributed by atoms with Crippen LogP contribution in [0.15, 0.2) is 184 Å². The summed E-state index contributed by atoms with van der Waals surface area (Å²) in [4.78, 5) is 122. The molecule has 697 valence electrons. The Morgan fingerprint density at radius 2 is 0.724 bits per heavy atom. The molecule has 0 saturated carbocycles. The molecule has 0 spiro atoms. The summed E-state index contributed by atoms with van der Waals surface area (Å²) >= 11 is 0. The minimum atomic E-state index is -0.762. The van der Waals surface area contributed by atoms with Crippen molar-refractivity contribution in [2.24, 2.45) is 0 Å². The summed E-state index contributed by atoms with van der Waals surface area (Å²) in [6.45, 7) is 26.8. The molecular weight excluding hydrogens is 1740 g/mol. The monoisotopic (exact) mass is 1850 g/mol. The number of nitrogens with zero attached hydrogens (tertiary/aromatic N) is 29. The molecule has 134 heavy (non-hydrogen) atoms. The second-order valence-electron chi connectivity index (χ2n) is 34.5. The van der Waals surface area contributed by atoms with Crippen LogP contribution in [-0.2, 0) is 62.6 Å². The smallest absolute Gasteiger partial charge is 1.00 e. The fourth-order valence-corrected chi connectivity index (χ4v) is 15.6. The molecule has 40 nitrogen and oxygen atoms in total. The Balaban J connectivity index is 0.000000180. The van der Waals surface area contributed by atoms with E-state index in [9.17, 15) is 24.6 Å². The zero-order valence-electron chi connectivity index (χ0n) is 77.4. The Kier molecular flexibility index (Phi) is 34.8. The first-order valence-electron chi connectivity index (χ1n) is 44.2. The van der Waals surface area contributed by atoms with Gasteiger partial charge in [-0.25, -0.2) is 69.4 Å². The Bertz CT molecular complexity index is 5680. The normalized spacial score (nSPS) is 17.5. The van der Waals surface area contributed by atoms with E-state index >= 15 is 0 Å². The van der Waals surface area contributed by atoms with Gasteiger partial charge in [-0.15, -0.1) is 12.4 Å². The number of hydrogen-bond acceptors (Lipinski definition) is 35. The molecule has 3 aromatic carbocycles. The van der Waals surface area contributed by atoms with Gasteiger partial charge >= 0.3 is 41.7 Å². The number of hydrogen-bond donors (Lipinski definition) is 3. The van der Waals surface area contributed by atoms with Crippen molar-refractivity contribution in [3.8, 4) is 0 Å². The molecule has 9 aromatic heterocycles. The van der Waals surface area contributed by atoms with Gasteiger partial charge in [-0.3, -0.25) is 18.8 Å². The van der Waals surface area contributed by atoms with Crippen molar-refractivity contribution in [3.63, 3.8) is 0 Å². The van der Waals surface area contributed by atoms with E-state index < -0.39 is 23.4 Å². The molecule has 0 bridgehead atoms. The van der Waals surface area contributed by atoms with E-state index in [-0.39, 0.29) is 88.1 Å². The molecule has 3 N–H and O–H groups in total. The van der Waals surface area contributed by atoms with Crippen molar-refractivity contribution in [3.05, 3.63) is 252 Å². The molecule has 0 aliphatic carbocycles. The van der Waals surface area contributed by atoms with Crippen LogP contribution in [0.3, 0.4) is 0 Å². The van der Waals surface area contributed by atoms with E-state index in [4.69, 9.17) is 38.6 Å². The zero-order valence-corrected chi connectivity index (χ0v) is 79.2. The van der Waals surface area contributed by atoms with Gasteiger partial charge in [0.25, 0.3) is 0 Å². The van der Waals surface area contributed by atoms with Gasteiger partial charge < -0.3 is 79.8 Å². The number of carbonyl (C=O) groups is 3. The SMILES string of the molecule is CC(C)(C)OC(=O)N1CCO[C@H](Cn2cc(Cc3ncnc(N4CCN(c5ncc(C(=O)c6ccccc6)cn5)CC4)n3)cn2)C1.CC(C)(C)OC(=O)N1CCO[C@H](Cn2cc(Cc3ncnc(N4CCN(c5ncc(C(O)c6ccccc6)cn5)CC4)n3)cn2)C1.Cl.OC(c1ccccc1)c1cnc(N2CCN(c3ncnc(Cc4cnn(C[C@@H]5CNCCO5)c4)n3)CC2)nc1.[B].[H-].[Na+]. The third-order valence-corrected chi connectivity index (χ3v) is 22.4. The molecule has 18 rings (SSSR count). The standard InChI is InChI=1S/C32H40N10O4.C32H38N10O4.C27H32N10O2.B.ClH.Na.H/c2*1-32(2,3)46-31(44)41-13-14-45-26(20-41)21-42-19-23(16-37-42)15-27-35-22-36-30(38-27)40-11-9-39(10-12-40)29-33-17-25(18-34-29)28(43)24-7-5-4-6-8-24;38-25(21-4-2-1-3-5-21)22-14-29-26(30-15-22)35-7-9-36(10-8-35)27-32-19-31-24(34-27)12-20-13-33-37(17-20)18-23-16-28-6-11-39-23;;;;/h4-8,16-19,22,26,28,43H,9-15,20-21H2,1-3H3;4-8,16-19,22,26H,9-15,20-21H2,1-3H3;1-5,13-15,17,19,23,25,28,38H,6-12,16,18H2;;1H;;/q;;;;;+1;-1/t26-,28?;26-;23-,25?;;;;/m000..../s1. The van der Waals surface area contributed by atoms with Crippen LogP contribution in [-0.4, -0.2) is 318 Å². The number of morpholine rings is 3. The number of ketones is 1. The number of amides is 2. The summed E-state index contributed by atoms with van der Waals surface area (Å²) in [7, 11) is 0. The second-order valence-corrected chi connectivity index (χ2v) is 34.5. The van der Waals surface area contributed by atoms with E-state index in [0.717, 1.165) is 80.2 Å². The van der Waals surface area contributed by atoms with Gasteiger partial charge in [-0.1, -0.05) is 91.0 Å². The van der Waals surface area contributed by atoms with Gasteiger partial charge in [-0.2, -0.15) is 30.2 Å². The van der Waals surface area contributed by atoms with Crippen LogP contribution in [0.4, 0.5) is 45.3 Å². The van der Waals surface area contributed by atoms with Crippen molar-refractivity contribution in [1.82, 2.24) is 119 Å². The summed E-state index contributed by atoms with van der Waals surface area (Å²) in [5.74, 6) is 5.75. The number of piperazine rings is 3. The molecule has 2 unspecified atom stereocenters. The topological polar surface area (TPSA) is 423 Å². The third kappa shape index (κ3) is 27.7. The van der Waals surface area contributed by atoms with Crippen molar-refractivity contribution in [2.75, 3.05) is 167 Å². The van der Waals surface area contributed by atoms with Crippen molar-refractivity contribution < 1.29 is 79.3 Å². The molecule has 2 amide bonds. The molecule has 43 heteroatoms. The molecule has 12 aromatic rings. The van der Waals surface area contributed by atoms with Gasteiger partial charge in [0.15, 0.2) is 5.78 Å². The van der Waals surface area contributed by atoms with Gasteiger partial charge in [0.1, 0.15) is 59.9 Å². The van der Waals surface area contributed by atoms with E-state index in [0.29, 0.717) is 200 Å². The van der Waals surface area contributed by atoms with Gasteiger partial charge in [0.2, 0.25) is 35.7 Å². The van der Waals surface area contributed by atoms with Crippen LogP contribution in [0.5, 0.6) is 0 Å². The number of carbonyl (C=O) groups excluding carboxylic acids is 3. The quantitative estimate of drug-likeness (QED) is 0.0577. The van der Waals surface area contributed by atoms with Crippen molar-refractivity contribution in [2.45, 2.75) is 122 Å².